The molecule has 2 nitrogen and oxygen atoms in total. The molecular formula is C20H34O2. The van der Waals surface area contributed by atoms with E-state index in [1.165, 1.54) is 32.1 Å². The van der Waals surface area contributed by atoms with E-state index in [9.17, 15) is 4.79 Å². The van der Waals surface area contributed by atoms with Gasteiger partial charge in [-0.2, -0.15) is 0 Å². The highest BCUT2D eigenvalue weighted by atomic mass is 16.5. The summed E-state index contributed by atoms with van der Waals surface area (Å²) < 4.78 is 6.66. The molecule has 3 aliphatic rings. The largest absolute Gasteiger partial charge is 0.368 e. The second-order valence-electron chi connectivity index (χ2n) is 9.77. The lowest BCUT2D eigenvalue weighted by molar-refractivity contribution is -0.264. The van der Waals surface area contributed by atoms with Crippen molar-refractivity contribution in [1.82, 2.24) is 0 Å². The summed E-state index contributed by atoms with van der Waals surface area (Å²) in [5.74, 6) is 1.48. The first-order chi connectivity index (χ1) is 10.2. The molecule has 3 rings (SSSR count). The summed E-state index contributed by atoms with van der Waals surface area (Å²) in [6.07, 6.45) is 10.4. The van der Waals surface area contributed by atoms with Crippen LogP contribution in [0, 0.1) is 22.7 Å². The van der Waals surface area contributed by atoms with Gasteiger partial charge in [0.1, 0.15) is 6.29 Å². The van der Waals surface area contributed by atoms with Gasteiger partial charge >= 0.3 is 0 Å². The molecule has 1 saturated heterocycles. The van der Waals surface area contributed by atoms with Crippen molar-refractivity contribution in [2.45, 2.75) is 97.2 Å². The van der Waals surface area contributed by atoms with Gasteiger partial charge in [-0.25, -0.2) is 0 Å². The molecule has 0 aromatic carbocycles. The number of fused-ring (bicyclic) bond motifs is 3. The number of carbonyl (C=O) groups excluding carboxylic acids is 1. The third kappa shape index (κ3) is 2.37. The Hall–Kier alpha value is -0.370. The van der Waals surface area contributed by atoms with Gasteiger partial charge in [-0.15, -0.1) is 0 Å². The lowest BCUT2D eigenvalue weighted by Crippen LogP contribution is -2.62. The Labute approximate surface area is 136 Å². The maximum absolute atomic E-state index is 11.0. The highest BCUT2D eigenvalue weighted by molar-refractivity contribution is 5.51. The van der Waals surface area contributed by atoms with Crippen molar-refractivity contribution < 1.29 is 9.53 Å². The van der Waals surface area contributed by atoms with Crippen LogP contribution in [0.2, 0.25) is 0 Å². The fourth-order valence-electron chi connectivity index (χ4n) is 6.75. The summed E-state index contributed by atoms with van der Waals surface area (Å²) in [5.41, 5.74) is 0.615. The van der Waals surface area contributed by atoms with Crippen LogP contribution in [-0.2, 0) is 9.53 Å². The van der Waals surface area contributed by atoms with E-state index in [2.05, 4.69) is 34.6 Å². The quantitative estimate of drug-likeness (QED) is 0.660. The first kappa shape index (κ1) is 16.5. The van der Waals surface area contributed by atoms with E-state index in [-0.39, 0.29) is 11.2 Å². The number of ether oxygens (including phenoxy) is 1. The van der Waals surface area contributed by atoms with E-state index < -0.39 is 0 Å². The zero-order chi connectivity index (χ0) is 16.2. The van der Waals surface area contributed by atoms with Crippen molar-refractivity contribution in [1.29, 1.82) is 0 Å². The molecule has 0 N–H and O–H groups in total. The molecular weight excluding hydrogens is 272 g/mol. The minimum atomic E-state index is -0.236. The van der Waals surface area contributed by atoms with Gasteiger partial charge < -0.3 is 9.53 Å². The molecule has 0 aromatic heterocycles. The first-order valence-corrected chi connectivity index (χ1v) is 9.29. The molecule has 0 radical (unpaired) electrons. The van der Waals surface area contributed by atoms with Gasteiger partial charge in [0.05, 0.1) is 11.2 Å². The van der Waals surface area contributed by atoms with E-state index in [1.54, 1.807) is 0 Å². The van der Waals surface area contributed by atoms with Gasteiger partial charge in [0.25, 0.3) is 0 Å². The van der Waals surface area contributed by atoms with Crippen molar-refractivity contribution in [3.8, 4) is 0 Å². The topological polar surface area (TPSA) is 26.3 Å². The number of rotatable bonds is 2. The van der Waals surface area contributed by atoms with Gasteiger partial charge in [0, 0.05) is 6.42 Å². The number of hydrogen-bond donors (Lipinski definition) is 0. The zero-order valence-corrected chi connectivity index (χ0v) is 15.2. The Morgan fingerprint density at radius 2 is 1.64 bits per heavy atom. The summed E-state index contributed by atoms with van der Waals surface area (Å²) in [6, 6.07) is 0. The predicted octanol–water partition coefficient (Wildman–Crippen LogP) is 5.15. The SMILES string of the molecule is CC1(C)CCC[C@@]2(C)C1CC[C@@]1(C)O[C@](C)(CC=O)CCC21. The van der Waals surface area contributed by atoms with Crippen molar-refractivity contribution in [2.24, 2.45) is 22.7 Å². The third-order valence-corrected chi connectivity index (χ3v) is 7.70. The molecule has 126 valence electrons. The minimum Gasteiger partial charge on any atom is -0.368 e. The van der Waals surface area contributed by atoms with Gasteiger partial charge in [0.15, 0.2) is 0 Å². The molecule has 2 saturated carbocycles. The van der Waals surface area contributed by atoms with E-state index >= 15 is 0 Å². The van der Waals surface area contributed by atoms with Crippen LogP contribution in [0.25, 0.3) is 0 Å². The molecule has 5 atom stereocenters. The van der Waals surface area contributed by atoms with E-state index in [0.29, 0.717) is 23.2 Å². The smallest absolute Gasteiger partial charge is 0.122 e. The molecule has 0 bridgehead atoms. The number of carbonyl (C=O) groups is 1. The lowest BCUT2D eigenvalue weighted by atomic mass is 9.44. The average molecular weight is 306 g/mol. The van der Waals surface area contributed by atoms with Gasteiger partial charge in [-0.1, -0.05) is 27.2 Å². The zero-order valence-electron chi connectivity index (χ0n) is 15.2. The first-order valence-electron chi connectivity index (χ1n) is 9.29. The second-order valence-corrected chi connectivity index (χ2v) is 9.77. The molecule has 0 amide bonds. The van der Waals surface area contributed by atoms with Crippen LogP contribution in [-0.4, -0.2) is 17.5 Å². The Bertz CT molecular complexity index is 457. The molecule has 0 aromatic rings. The molecule has 2 heteroatoms. The number of aldehydes is 1. The van der Waals surface area contributed by atoms with E-state index in [0.717, 1.165) is 25.0 Å². The van der Waals surface area contributed by atoms with E-state index in [4.69, 9.17) is 4.74 Å². The minimum absolute atomic E-state index is 0.0331. The standard InChI is InChI=1S/C20H34O2/c1-17(2)9-6-10-19(4)15(17)8-12-20(5)16(19)7-11-18(3,22-20)13-14-21/h14-16H,6-13H2,1-5H3/t15?,16?,18-,19-,20+/m0/s1. The molecule has 1 aliphatic heterocycles. The Morgan fingerprint density at radius 1 is 0.955 bits per heavy atom. The average Bonchev–Trinajstić information content (AvgIpc) is 2.36. The van der Waals surface area contributed by atoms with E-state index in [1.807, 2.05) is 0 Å². The van der Waals surface area contributed by atoms with Crippen LogP contribution < -0.4 is 0 Å². The van der Waals surface area contributed by atoms with Gasteiger partial charge in [0.2, 0.25) is 0 Å². The summed E-state index contributed by atoms with van der Waals surface area (Å²) in [4.78, 5) is 11.0. The van der Waals surface area contributed by atoms with Crippen LogP contribution in [0.15, 0.2) is 0 Å². The van der Waals surface area contributed by atoms with Crippen LogP contribution in [0.4, 0.5) is 0 Å². The van der Waals surface area contributed by atoms with Crippen molar-refractivity contribution in [2.75, 3.05) is 0 Å². The number of hydrogen-bond acceptors (Lipinski definition) is 2. The van der Waals surface area contributed by atoms with Crippen LogP contribution in [0.1, 0.15) is 86.0 Å². The monoisotopic (exact) mass is 306 g/mol. The predicted molar refractivity (Wildman–Crippen MR) is 89.8 cm³/mol. The molecule has 2 aliphatic carbocycles. The Balaban J connectivity index is 1.90. The summed E-state index contributed by atoms with van der Waals surface area (Å²) in [7, 11) is 0. The molecule has 0 spiro atoms. The molecule has 22 heavy (non-hydrogen) atoms. The lowest BCUT2D eigenvalue weighted by Gasteiger charge is -2.65. The van der Waals surface area contributed by atoms with Crippen molar-refractivity contribution >= 4 is 6.29 Å². The van der Waals surface area contributed by atoms with Gasteiger partial charge in [-0.05, 0) is 75.0 Å². The highest BCUT2D eigenvalue weighted by Gasteiger charge is 2.61. The highest BCUT2D eigenvalue weighted by Crippen LogP contribution is 2.65. The summed E-state index contributed by atoms with van der Waals surface area (Å²) >= 11 is 0. The fourth-order valence-corrected chi connectivity index (χ4v) is 6.75. The van der Waals surface area contributed by atoms with Crippen LogP contribution in [0.5, 0.6) is 0 Å². The third-order valence-electron chi connectivity index (χ3n) is 7.70. The summed E-state index contributed by atoms with van der Waals surface area (Å²) in [5, 5.41) is 0. The fraction of sp³-hybridized carbons (Fsp3) is 0.950. The Morgan fingerprint density at radius 3 is 2.32 bits per heavy atom. The molecule has 2 unspecified atom stereocenters. The van der Waals surface area contributed by atoms with Crippen LogP contribution in [0.3, 0.4) is 0 Å². The maximum Gasteiger partial charge on any atom is 0.122 e. The van der Waals surface area contributed by atoms with Crippen LogP contribution >= 0.6 is 0 Å². The van der Waals surface area contributed by atoms with Crippen molar-refractivity contribution in [3.63, 3.8) is 0 Å². The maximum atomic E-state index is 11.0. The normalized spacial score (nSPS) is 50.8. The molecule has 1 heterocycles. The second kappa shape index (κ2) is 5.06. The Kier molecular flexibility index (Phi) is 3.79. The van der Waals surface area contributed by atoms with Gasteiger partial charge in [-0.3, -0.25) is 0 Å². The van der Waals surface area contributed by atoms with Crippen molar-refractivity contribution in [3.05, 3.63) is 0 Å². The molecule has 3 fully saturated rings. The summed E-state index contributed by atoms with van der Waals surface area (Å²) in [6.45, 7) is 12.0.